The van der Waals surface area contributed by atoms with Crippen molar-refractivity contribution in [1.82, 2.24) is 4.90 Å². The van der Waals surface area contributed by atoms with Gasteiger partial charge in [0.05, 0.1) is 18.1 Å². The van der Waals surface area contributed by atoms with Crippen LogP contribution in [0.15, 0.2) is 72.1 Å². The van der Waals surface area contributed by atoms with Crippen molar-refractivity contribution >= 4 is 22.0 Å². The number of hydrogen-bond acceptors (Lipinski definition) is 7. The summed E-state index contributed by atoms with van der Waals surface area (Å²) in [6.07, 6.45) is -0.934. The average molecular weight is 458 g/mol. The summed E-state index contributed by atoms with van der Waals surface area (Å²) in [7, 11) is -4.09. The van der Waals surface area contributed by atoms with Gasteiger partial charge in [0.25, 0.3) is 0 Å². The number of benzene rings is 2. The van der Waals surface area contributed by atoms with Gasteiger partial charge in [0, 0.05) is 6.42 Å². The number of amides is 1. The molecule has 1 saturated heterocycles. The van der Waals surface area contributed by atoms with Gasteiger partial charge >= 0.3 is 16.1 Å². The van der Waals surface area contributed by atoms with E-state index in [4.69, 9.17) is 8.92 Å². The Morgan fingerprint density at radius 2 is 1.69 bits per heavy atom. The van der Waals surface area contributed by atoms with Gasteiger partial charge in [-0.15, -0.1) is 0 Å². The van der Waals surface area contributed by atoms with Crippen molar-refractivity contribution in [2.24, 2.45) is 5.92 Å². The first kappa shape index (κ1) is 22.0. The predicted octanol–water partition coefficient (Wildman–Crippen LogP) is 2.10. The third kappa shape index (κ3) is 4.39. The van der Waals surface area contributed by atoms with Gasteiger partial charge in [-0.25, -0.2) is 4.79 Å². The summed E-state index contributed by atoms with van der Waals surface area (Å²) in [5.74, 6) is -2.57. The standard InChI is InChI=1S/C23H23NO7S/c1-15(25)20-18-12-19(31-32(28,29)14-17-10-6-3-7-11-17)21(24(18)22(20)26)23(27)30-13-16-8-4-2-5-9-16/h2-11,15,18,20,25H,12-14H2,1H3. The van der Waals surface area contributed by atoms with Crippen LogP contribution in [0.2, 0.25) is 0 Å². The molecule has 168 valence electrons. The molecule has 0 saturated carbocycles. The van der Waals surface area contributed by atoms with Crippen molar-refractivity contribution in [3.05, 3.63) is 83.2 Å². The first-order valence-corrected chi connectivity index (χ1v) is 11.8. The van der Waals surface area contributed by atoms with Gasteiger partial charge in [-0.05, 0) is 18.1 Å². The molecular formula is C23H23NO7S. The smallest absolute Gasteiger partial charge is 0.358 e. The molecule has 0 spiro atoms. The Labute approximate surface area is 186 Å². The Balaban J connectivity index is 1.57. The summed E-state index contributed by atoms with van der Waals surface area (Å²) in [6.45, 7) is 1.44. The lowest BCUT2D eigenvalue weighted by molar-refractivity contribution is -0.162. The molecule has 3 atom stereocenters. The number of ether oxygens (including phenoxy) is 1. The highest BCUT2D eigenvalue weighted by molar-refractivity contribution is 7.86. The summed E-state index contributed by atoms with van der Waals surface area (Å²) in [4.78, 5) is 26.6. The molecule has 0 radical (unpaired) electrons. The van der Waals surface area contributed by atoms with Gasteiger partial charge in [0.1, 0.15) is 12.4 Å². The van der Waals surface area contributed by atoms with Crippen LogP contribution in [0, 0.1) is 5.92 Å². The molecule has 1 amide bonds. The fraction of sp³-hybridized carbons (Fsp3) is 0.304. The van der Waals surface area contributed by atoms with E-state index in [-0.39, 0.29) is 30.2 Å². The highest BCUT2D eigenvalue weighted by atomic mass is 32.2. The quantitative estimate of drug-likeness (QED) is 0.367. The zero-order valence-corrected chi connectivity index (χ0v) is 18.2. The van der Waals surface area contributed by atoms with E-state index in [1.807, 2.05) is 6.07 Å². The number of carbonyl (C=O) groups is 2. The number of hydrogen-bond donors (Lipinski definition) is 1. The number of carbonyl (C=O) groups excluding carboxylic acids is 2. The van der Waals surface area contributed by atoms with E-state index in [0.717, 1.165) is 5.56 Å². The molecule has 4 rings (SSSR count). The van der Waals surface area contributed by atoms with E-state index in [2.05, 4.69) is 0 Å². The summed E-state index contributed by atoms with van der Waals surface area (Å²) in [5.41, 5.74) is 1.05. The first-order valence-electron chi connectivity index (χ1n) is 10.2. The molecule has 2 aromatic rings. The monoisotopic (exact) mass is 457 g/mol. The molecule has 3 unspecified atom stereocenters. The predicted molar refractivity (Wildman–Crippen MR) is 114 cm³/mol. The molecule has 1 fully saturated rings. The normalized spacial score (nSPS) is 21.1. The van der Waals surface area contributed by atoms with Crippen LogP contribution in [0.1, 0.15) is 24.5 Å². The van der Waals surface area contributed by atoms with Crippen LogP contribution in [0.4, 0.5) is 0 Å². The number of aliphatic hydroxyl groups is 1. The zero-order valence-electron chi connectivity index (χ0n) is 17.4. The SMILES string of the molecule is CC(O)C1C(=O)N2C(C(=O)OCc3ccccc3)=C(OS(=O)(=O)Cc3ccccc3)CC12. The van der Waals surface area contributed by atoms with Crippen molar-refractivity contribution < 1.29 is 32.0 Å². The maximum absolute atomic E-state index is 12.9. The summed E-state index contributed by atoms with van der Waals surface area (Å²) < 4.78 is 36.0. The Morgan fingerprint density at radius 1 is 1.09 bits per heavy atom. The maximum Gasteiger partial charge on any atom is 0.358 e. The summed E-state index contributed by atoms with van der Waals surface area (Å²) >= 11 is 0. The number of rotatable bonds is 8. The zero-order chi connectivity index (χ0) is 22.9. The van der Waals surface area contributed by atoms with Crippen LogP contribution >= 0.6 is 0 Å². The second-order valence-electron chi connectivity index (χ2n) is 7.85. The van der Waals surface area contributed by atoms with Crippen LogP contribution in [0.3, 0.4) is 0 Å². The minimum atomic E-state index is -4.09. The van der Waals surface area contributed by atoms with Crippen LogP contribution in [-0.2, 0) is 41.0 Å². The molecule has 32 heavy (non-hydrogen) atoms. The molecule has 0 aromatic heterocycles. The van der Waals surface area contributed by atoms with Gasteiger partial charge < -0.3 is 14.0 Å². The highest BCUT2D eigenvalue weighted by Crippen LogP contribution is 2.44. The van der Waals surface area contributed by atoms with E-state index >= 15 is 0 Å². The summed E-state index contributed by atoms with van der Waals surface area (Å²) in [6, 6.07) is 16.9. The third-order valence-corrected chi connectivity index (χ3v) is 6.65. The van der Waals surface area contributed by atoms with Crippen molar-refractivity contribution in [3.63, 3.8) is 0 Å². The lowest BCUT2D eigenvalue weighted by Gasteiger charge is -2.44. The lowest BCUT2D eigenvalue weighted by Crippen LogP contribution is -2.61. The van der Waals surface area contributed by atoms with E-state index in [1.165, 1.54) is 11.8 Å². The molecule has 8 nitrogen and oxygen atoms in total. The number of fused-ring (bicyclic) bond motifs is 1. The largest absolute Gasteiger partial charge is 0.456 e. The number of esters is 1. The van der Waals surface area contributed by atoms with Gasteiger partial charge in [-0.1, -0.05) is 60.7 Å². The van der Waals surface area contributed by atoms with Crippen LogP contribution in [0.25, 0.3) is 0 Å². The average Bonchev–Trinajstić information content (AvgIpc) is 3.06. The minimum absolute atomic E-state index is 0.00506. The van der Waals surface area contributed by atoms with Gasteiger partial charge in [0.15, 0.2) is 11.5 Å². The van der Waals surface area contributed by atoms with Gasteiger partial charge in [-0.2, -0.15) is 8.42 Å². The summed E-state index contributed by atoms with van der Waals surface area (Å²) in [5, 5.41) is 9.94. The van der Waals surface area contributed by atoms with E-state index < -0.39 is 40.1 Å². The van der Waals surface area contributed by atoms with Crippen molar-refractivity contribution in [2.45, 2.75) is 37.9 Å². The number of β-lactam (4-membered cyclic amide) rings is 1. The second-order valence-corrected chi connectivity index (χ2v) is 9.42. The molecule has 9 heteroatoms. The van der Waals surface area contributed by atoms with E-state index in [1.54, 1.807) is 54.6 Å². The topological polar surface area (TPSA) is 110 Å². The van der Waals surface area contributed by atoms with Crippen molar-refractivity contribution in [2.75, 3.05) is 0 Å². The fourth-order valence-electron chi connectivity index (χ4n) is 4.05. The third-order valence-electron chi connectivity index (χ3n) is 5.51. The first-order chi connectivity index (χ1) is 15.3. The van der Waals surface area contributed by atoms with Crippen molar-refractivity contribution in [3.8, 4) is 0 Å². The van der Waals surface area contributed by atoms with E-state index in [9.17, 15) is 23.1 Å². The Kier molecular flexibility index (Phi) is 6.03. The van der Waals surface area contributed by atoms with Gasteiger partial charge in [-0.3, -0.25) is 9.69 Å². The second kappa shape index (κ2) is 8.76. The molecule has 2 heterocycles. The maximum atomic E-state index is 12.9. The Morgan fingerprint density at radius 3 is 2.28 bits per heavy atom. The van der Waals surface area contributed by atoms with Crippen molar-refractivity contribution in [1.29, 1.82) is 0 Å². The molecule has 2 aliphatic heterocycles. The number of nitrogens with zero attached hydrogens (tertiary/aromatic N) is 1. The molecule has 1 N–H and O–H groups in total. The van der Waals surface area contributed by atoms with Crippen LogP contribution in [0.5, 0.6) is 0 Å². The van der Waals surface area contributed by atoms with Crippen LogP contribution in [-0.4, -0.2) is 42.4 Å². The lowest BCUT2D eigenvalue weighted by atomic mass is 9.83. The van der Waals surface area contributed by atoms with E-state index in [0.29, 0.717) is 5.56 Å². The molecule has 2 aromatic carbocycles. The van der Waals surface area contributed by atoms with Crippen LogP contribution < -0.4 is 0 Å². The number of aliphatic hydroxyl groups excluding tert-OH is 1. The highest BCUT2D eigenvalue weighted by Gasteiger charge is 2.58. The molecular weight excluding hydrogens is 434 g/mol. The fourth-order valence-corrected chi connectivity index (χ4v) is 5.16. The molecule has 0 aliphatic carbocycles. The van der Waals surface area contributed by atoms with Gasteiger partial charge in [0.2, 0.25) is 5.91 Å². The Bertz CT molecular complexity index is 1140. The molecule has 0 bridgehead atoms. The molecule has 2 aliphatic rings. The Hall–Kier alpha value is -3.17. The minimum Gasteiger partial charge on any atom is -0.456 e.